The minimum Gasteiger partial charge on any atom is -0.492 e. The summed E-state index contributed by atoms with van der Waals surface area (Å²) in [7, 11) is 3.01. The van der Waals surface area contributed by atoms with Crippen molar-refractivity contribution in [3.05, 3.63) is 59.2 Å². The molecular weight excluding hydrogens is 444 g/mol. The Hall–Kier alpha value is -2.57. The molecule has 0 unspecified atom stereocenters. The molecule has 2 aromatic carbocycles. The number of fused-ring (bicyclic) bond motifs is 1. The number of hydrogen-bond acceptors (Lipinski definition) is 6. The van der Waals surface area contributed by atoms with E-state index in [1.54, 1.807) is 7.11 Å². The number of aliphatic hydroxyl groups is 1. The lowest BCUT2D eigenvalue weighted by Crippen LogP contribution is -2.40. The molecule has 0 saturated heterocycles. The second kappa shape index (κ2) is 13.5. The second-order valence-corrected chi connectivity index (χ2v) is 9.57. The summed E-state index contributed by atoms with van der Waals surface area (Å²) in [6.07, 6.45) is 9.03. The Morgan fingerprint density at radius 1 is 1.00 bits per heavy atom. The molecule has 35 heavy (non-hydrogen) atoms. The summed E-state index contributed by atoms with van der Waals surface area (Å²) in [5.41, 5.74) is 2.68. The van der Waals surface area contributed by atoms with Gasteiger partial charge in [0.2, 0.25) is 0 Å². The Morgan fingerprint density at radius 3 is 2.34 bits per heavy atom. The molecule has 3 rings (SSSR count). The highest BCUT2D eigenvalue weighted by Gasteiger charge is 2.42. The lowest BCUT2D eigenvalue weighted by atomic mass is 9.66. The molecule has 192 valence electrons. The molecule has 0 fully saturated rings. The van der Waals surface area contributed by atoms with Crippen molar-refractivity contribution in [3.63, 3.8) is 0 Å². The summed E-state index contributed by atoms with van der Waals surface area (Å²) in [6.45, 7) is 3.31. The van der Waals surface area contributed by atoms with E-state index in [2.05, 4.69) is 13.0 Å². The van der Waals surface area contributed by atoms with Crippen LogP contribution in [0.3, 0.4) is 0 Å². The molecule has 0 bridgehead atoms. The maximum atomic E-state index is 11.9. The average molecular weight is 485 g/mol. The standard InChI is InChI=1S/C29H40O6/c1-29(23-14-12-22(13-15-23)28(31)33-3)20-34-27-19-24(35-21-32-2)16-17-25(27)26(29)11-9-7-5-4-6-8-10-18-30/h12-17,19,26,30H,4-11,18,20-21H2,1-3H3/t26-,29-/m1/s1. The maximum Gasteiger partial charge on any atom is 0.337 e. The SMILES string of the molecule is COCOc1ccc2c(c1)OC[C@](C)(c1ccc(C(=O)OC)cc1)[C@@H]2CCCCCCCCCO. The molecule has 0 aromatic heterocycles. The molecule has 6 heteroatoms. The van der Waals surface area contributed by atoms with E-state index in [1.807, 2.05) is 36.4 Å². The lowest BCUT2D eigenvalue weighted by Gasteiger charge is -2.43. The van der Waals surface area contributed by atoms with Gasteiger partial charge >= 0.3 is 5.97 Å². The maximum absolute atomic E-state index is 11.9. The van der Waals surface area contributed by atoms with Crippen LogP contribution in [0.2, 0.25) is 0 Å². The van der Waals surface area contributed by atoms with Gasteiger partial charge in [-0.05, 0) is 42.2 Å². The molecule has 0 amide bonds. The normalized spacial score (nSPS) is 19.0. The van der Waals surface area contributed by atoms with Crippen LogP contribution in [0.5, 0.6) is 11.5 Å². The number of benzene rings is 2. The third-order valence-electron chi connectivity index (χ3n) is 7.12. The zero-order valence-corrected chi connectivity index (χ0v) is 21.4. The first-order chi connectivity index (χ1) is 17.0. The summed E-state index contributed by atoms with van der Waals surface area (Å²) < 4.78 is 21.8. The summed E-state index contributed by atoms with van der Waals surface area (Å²) in [5, 5.41) is 8.94. The largest absolute Gasteiger partial charge is 0.492 e. The number of ether oxygens (including phenoxy) is 4. The molecule has 0 radical (unpaired) electrons. The fraction of sp³-hybridized carbons (Fsp3) is 0.552. The van der Waals surface area contributed by atoms with E-state index in [1.165, 1.54) is 38.4 Å². The van der Waals surface area contributed by atoms with E-state index < -0.39 is 0 Å². The monoisotopic (exact) mass is 484 g/mol. The number of carbonyl (C=O) groups is 1. The lowest BCUT2D eigenvalue weighted by molar-refractivity contribution is 0.0506. The third-order valence-corrected chi connectivity index (χ3v) is 7.12. The van der Waals surface area contributed by atoms with Crippen LogP contribution in [-0.2, 0) is 14.9 Å². The number of methoxy groups -OCH3 is 2. The number of hydrogen-bond donors (Lipinski definition) is 1. The van der Waals surface area contributed by atoms with Gasteiger partial charge in [0.1, 0.15) is 11.5 Å². The Bertz CT molecular complexity index is 925. The molecule has 1 heterocycles. The first-order valence-electron chi connectivity index (χ1n) is 12.7. The van der Waals surface area contributed by atoms with Gasteiger partial charge in [0, 0.05) is 31.1 Å². The molecule has 2 atom stereocenters. The molecule has 0 spiro atoms. The van der Waals surface area contributed by atoms with Crippen LogP contribution in [0.15, 0.2) is 42.5 Å². The van der Waals surface area contributed by atoms with E-state index in [9.17, 15) is 4.79 Å². The van der Waals surface area contributed by atoms with Crippen molar-refractivity contribution in [2.45, 2.75) is 69.6 Å². The summed E-state index contributed by atoms with van der Waals surface area (Å²) in [5.74, 6) is 1.56. The molecule has 1 aliphatic heterocycles. The van der Waals surface area contributed by atoms with Gasteiger partial charge in [-0.1, -0.05) is 63.6 Å². The highest BCUT2D eigenvalue weighted by atomic mass is 16.7. The van der Waals surface area contributed by atoms with Gasteiger partial charge in [0.05, 0.1) is 19.3 Å². The van der Waals surface area contributed by atoms with Crippen LogP contribution in [0, 0.1) is 0 Å². The molecule has 0 aliphatic carbocycles. The van der Waals surface area contributed by atoms with Crippen LogP contribution in [0.4, 0.5) is 0 Å². The van der Waals surface area contributed by atoms with Crippen molar-refractivity contribution in [2.75, 3.05) is 34.2 Å². The summed E-state index contributed by atoms with van der Waals surface area (Å²) in [6, 6.07) is 13.8. The first kappa shape index (κ1) is 27.0. The highest BCUT2D eigenvalue weighted by molar-refractivity contribution is 5.89. The van der Waals surface area contributed by atoms with Crippen molar-refractivity contribution in [2.24, 2.45) is 0 Å². The number of unbranched alkanes of at least 4 members (excludes halogenated alkanes) is 6. The van der Waals surface area contributed by atoms with E-state index in [0.29, 0.717) is 18.8 Å². The van der Waals surface area contributed by atoms with E-state index in [4.69, 9.17) is 24.1 Å². The molecule has 1 N–H and O–H groups in total. The van der Waals surface area contributed by atoms with Gasteiger partial charge < -0.3 is 24.1 Å². The van der Waals surface area contributed by atoms with E-state index in [-0.39, 0.29) is 24.1 Å². The van der Waals surface area contributed by atoms with Gasteiger partial charge in [-0.25, -0.2) is 4.79 Å². The topological polar surface area (TPSA) is 74.2 Å². The average Bonchev–Trinajstić information content (AvgIpc) is 2.89. The molecule has 2 aromatic rings. The van der Waals surface area contributed by atoms with Gasteiger partial charge in [-0.3, -0.25) is 0 Å². The summed E-state index contributed by atoms with van der Waals surface area (Å²) >= 11 is 0. The van der Waals surface area contributed by atoms with Gasteiger partial charge in [0.15, 0.2) is 6.79 Å². The smallest absolute Gasteiger partial charge is 0.337 e. The highest BCUT2D eigenvalue weighted by Crippen LogP contribution is 2.49. The van der Waals surface area contributed by atoms with Crippen molar-refractivity contribution < 1.29 is 28.8 Å². The number of esters is 1. The number of carbonyl (C=O) groups excluding carboxylic acids is 1. The Morgan fingerprint density at radius 2 is 1.69 bits per heavy atom. The zero-order chi connectivity index (χ0) is 25.1. The Labute approximate surface area is 209 Å². The van der Waals surface area contributed by atoms with Crippen molar-refractivity contribution >= 4 is 5.97 Å². The molecular formula is C29H40O6. The van der Waals surface area contributed by atoms with Crippen molar-refractivity contribution in [1.29, 1.82) is 0 Å². The predicted molar refractivity (Wildman–Crippen MR) is 136 cm³/mol. The van der Waals surface area contributed by atoms with Crippen molar-refractivity contribution in [1.82, 2.24) is 0 Å². The Kier molecular flexibility index (Phi) is 10.4. The predicted octanol–water partition coefficient (Wildman–Crippen LogP) is 6.00. The molecule has 0 saturated carbocycles. The van der Waals surface area contributed by atoms with Crippen LogP contribution in [0.1, 0.15) is 85.7 Å². The minimum atomic E-state index is -0.328. The van der Waals surface area contributed by atoms with Gasteiger partial charge in [-0.2, -0.15) is 0 Å². The second-order valence-electron chi connectivity index (χ2n) is 9.57. The zero-order valence-electron chi connectivity index (χ0n) is 21.4. The van der Waals surface area contributed by atoms with Gasteiger partial charge in [0.25, 0.3) is 0 Å². The van der Waals surface area contributed by atoms with Crippen LogP contribution in [-0.4, -0.2) is 45.3 Å². The van der Waals surface area contributed by atoms with Crippen LogP contribution in [0.25, 0.3) is 0 Å². The van der Waals surface area contributed by atoms with E-state index in [0.717, 1.165) is 42.7 Å². The van der Waals surface area contributed by atoms with E-state index >= 15 is 0 Å². The fourth-order valence-corrected chi connectivity index (χ4v) is 5.02. The minimum absolute atomic E-state index is 0.199. The van der Waals surface area contributed by atoms with Gasteiger partial charge in [-0.15, -0.1) is 0 Å². The molecule has 1 aliphatic rings. The molecule has 6 nitrogen and oxygen atoms in total. The quantitative estimate of drug-likeness (QED) is 0.201. The summed E-state index contributed by atoms with van der Waals surface area (Å²) in [4.78, 5) is 11.9. The van der Waals surface area contributed by atoms with Crippen LogP contribution < -0.4 is 9.47 Å². The first-order valence-corrected chi connectivity index (χ1v) is 12.7. The third kappa shape index (κ3) is 6.98. The van der Waals surface area contributed by atoms with Crippen LogP contribution >= 0.6 is 0 Å². The number of rotatable bonds is 14. The fourth-order valence-electron chi connectivity index (χ4n) is 5.02. The Balaban J connectivity index is 1.77. The van der Waals surface area contributed by atoms with Crippen molar-refractivity contribution in [3.8, 4) is 11.5 Å². The number of aliphatic hydroxyl groups excluding tert-OH is 1.